The number of carbonyl (C=O) groups excluding carboxylic acids is 2. The summed E-state index contributed by atoms with van der Waals surface area (Å²) in [5.74, 6) is 0.598. The maximum atomic E-state index is 12.4. The number of hydrogen-bond acceptors (Lipinski definition) is 4. The Bertz CT molecular complexity index is 1150. The Labute approximate surface area is 204 Å². The standard InChI is InChI=1S/C24H21BrClN3O2S/c1-16(28-29-23(30)15-32-14-19-6-2-3-11-22(19)25)17-7-5-10-21(13-17)27-24(31)18-8-4-9-20(26)12-18/h2-13H,14-15H2,1H3,(H,27,31)(H,29,30)/b28-16-. The molecule has 0 fully saturated rings. The minimum absolute atomic E-state index is 0.174. The van der Waals surface area contributed by atoms with E-state index in [-0.39, 0.29) is 11.8 Å². The van der Waals surface area contributed by atoms with E-state index in [1.54, 1.807) is 43.3 Å². The molecule has 0 spiro atoms. The molecule has 8 heteroatoms. The molecular weight excluding hydrogens is 510 g/mol. The molecule has 0 saturated carbocycles. The van der Waals surface area contributed by atoms with Crippen LogP contribution in [0.5, 0.6) is 0 Å². The summed E-state index contributed by atoms with van der Waals surface area (Å²) in [7, 11) is 0. The van der Waals surface area contributed by atoms with Gasteiger partial charge in [-0.1, -0.05) is 63.9 Å². The van der Waals surface area contributed by atoms with Gasteiger partial charge in [-0.25, -0.2) is 5.43 Å². The molecule has 32 heavy (non-hydrogen) atoms. The molecule has 0 aromatic heterocycles. The third-order valence-corrected chi connectivity index (χ3v) is 6.41. The van der Waals surface area contributed by atoms with Crippen LogP contribution in [0.3, 0.4) is 0 Å². The van der Waals surface area contributed by atoms with Crippen molar-refractivity contribution in [1.82, 2.24) is 5.43 Å². The molecule has 0 aliphatic rings. The van der Waals surface area contributed by atoms with Crippen molar-refractivity contribution >= 4 is 62.5 Å². The van der Waals surface area contributed by atoms with E-state index in [4.69, 9.17) is 11.6 Å². The first-order valence-corrected chi connectivity index (χ1v) is 12.1. The molecule has 2 N–H and O–H groups in total. The van der Waals surface area contributed by atoms with Gasteiger partial charge in [-0.2, -0.15) is 5.10 Å². The number of anilines is 1. The fraction of sp³-hybridized carbons (Fsp3) is 0.125. The van der Waals surface area contributed by atoms with Crippen molar-refractivity contribution in [2.45, 2.75) is 12.7 Å². The molecule has 0 heterocycles. The van der Waals surface area contributed by atoms with E-state index in [0.717, 1.165) is 21.4 Å². The van der Waals surface area contributed by atoms with Crippen LogP contribution in [0.15, 0.2) is 82.4 Å². The number of carbonyl (C=O) groups is 2. The molecule has 3 aromatic carbocycles. The van der Waals surface area contributed by atoms with Gasteiger partial charge in [-0.15, -0.1) is 11.8 Å². The number of hydrazone groups is 1. The monoisotopic (exact) mass is 529 g/mol. The zero-order valence-corrected chi connectivity index (χ0v) is 20.4. The molecule has 0 aliphatic heterocycles. The molecule has 0 unspecified atom stereocenters. The Morgan fingerprint density at radius 2 is 1.75 bits per heavy atom. The molecule has 0 atom stereocenters. The molecule has 0 saturated heterocycles. The zero-order chi connectivity index (χ0) is 22.9. The Morgan fingerprint density at radius 1 is 1.00 bits per heavy atom. The van der Waals surface area contributed by atoms with Crippen LogP contribution in [0.25, 0.3) is 0 Å². The van der Waals surface area contributed by atoms with Crippen molar-refractivity contribution in [3.05, 3.63) is 99.0 Å². The van der Waals surface area contributed by atoms with E-state index in [1.165, 1.54) is 11.8 Å². The summed E-state index contributed by atoms with van der Waals surface area (Å²) in [5.41, 5.74) is 6.24. The maximum Gasteiger partial charge on any atom is 0.255 e. The molecule has 0 radical (unpaired) electrons. The zero-order valence-electron chi connectivity index (χ0n) is 17.3. The third-order valence-electron chi connectivity index (χ3n) is 4.42. The van der Waals surface area contributed by atoms with Crippen LogP contribution in [-0.4, -0.2) is 23.3 Å². The van der Waals surface area contributed by atoms with Crippen LogP contribution >= 0.6 is 39.3 Å². The number of nitrogens with one attached hydrogen (secondary N) is 2. The van der Waals surface area contributed by atoms with Gasteiger partial charge in [0, 0.05) is 26.5 Å². The third kappa shape index (κ3) is 7.22. The SMILES string of the molecule is C/C(=N/NC(=O)CSCc1ccccc1Br)c1cccc(NC(=O)c2cccc(Cl)c2)c1. The van der Waals surface area contributed by atoms with Gasteiger partial charge in [0.2, 0.25) is 5.91 Å². The van der Waals surface area contributed by atoms with E-state index in [2.05, 4.69) is 31.8 Å². The van der Waals surface area contributed by atoms with Crippen molar-refractivity contribution < 1.29 is 9.59 Å². The highest BCUT2D eigenvalue weighted by Gasteiger charge is 2.08. The van der Waals surface area contributed by atoms with Crippen molar-refractivity contribution in [1.29, 1.82) is 0 Å². The highest BCUT2D eigenvalue weighted by molar-refractivity contribution is 9.10. The summed E-state index contributed by atoms with van der Waals surface area (Å²) >= 11 is 11.0. The van der Waals surface area contributed by atoms with E-state index >= 15 is 0 Å². The van der Waals surface area contributed by atoms with Gasteiger partial charge in [0.1, 0.15) is 0 Å². The molecule has 2 amide bonds. The van der Waals surface area contributed by atoms with Crippen molar-refractivity contribution in [3.8, 4) is 0 Å². The largest absolute Gasteiger partial charge is 0.322 e. The summed E-state index contributed by atoms with van der Waals surface area (Å²) in [6.45, 7) is 1.80. The predicted octanol–water partition coefficient (Wildman–Crippen LogP) is 6.13. The van der Waals surface area contributed by atoms with Gasteiger partial charge >= 0.3 is 0 Å². The van der Waals surface area contributed by atoms with Crippen LogP contribution in [-0.2, 0) is 10.5 Å². The first-order chi connectivity index (χ1) is 15.4. The summed E-state index contributed by atoms with van der Waals surface area (Å²) in [6, 6.07) is 21.9. The molecular formula is C24H21BrClN3O2S. The molecule has 0 aliphatic carbocycles. The van der Waals surface area contributed by atoms with Crippen LogP contribution in [0.1, 0.15) is 28.4 Å². The first-order valence-electron chi connectivity index (χ1n) is 9.74. The topological polar surface area (TPSA) is 70.6 Å². The van der Waals surface area contributed by atoms with E-state index < -0.39 is 0 Å². The Balaban J connectivity index is 1.54. The van der Waals surface area contributed by atoms with Gasteiger partial charge in [0.05, 0.1) is 11.5 Å². The lowest BCUT2D eigenvalue weighted by atomic mass is 10.1. The first kappa shape index (κ1) is 24.0. The second kappa shape index (κ2) is 11.9. The van der Waals surface area contributed by atoms with Crippen LogP contribution in [0.2, 0.25) is 5.02 Å². The normalized spacial score (nSPS) is 11.2. The predicted molar refractivity (Wildman–Crippen MR) is 137 cm³/mol. The lowest BCUT2D eigenvalue weighted by Gasteiger charge is -2.08. The highest BCUT2D eigenvalue weighted by Crippen LogP contribution is 2.21. The number of benzene rings is 3. The van der Waals surface area contributed by atoms with Gasteiger partial charge in [0.25, 0.3) is 5.91 Å². The second-order valence-electron chi connectivity index (χ2n) is 6.86. The minimum atomic E-state index is -0.255. The number of hydrogen-bond donors (Lipinski definition) is 2. The number of amides is 2. The fourth-order valence-corrected chi connectivity index (χ4v) is 4.39. The lowest BCUT2D eigenvalue weighted by Crippen LogP contribution is -2.21. The number of thioether (sulfide) groups is 1. The minimum Gasteiger partial charge on any atom is -0.322 e. The van der Waals surface area contributed by atoms with Gasteiger partial charge < -0.3 is 5.32 Å². The smallest absolute Gasteiger partial charge is 0.255 e. The molecule has 3 aromatic rings. The number of nitrogens with zero attached hydrogens (tertiary/aromatic N) is 1. The highest BCUT2D eigenvalue weighted by atomic mass is 79.9. The average molecular weight is 531 g/mol. The quantitative estimate of drug-likeness (QED) is 0.272. The van der Waals surface area contributed by atoms with E-state index in [1.807, 2.05) is 36.4 Å². The summed E-state index contributed by atoms with van der Waals surface area (Å²) in [4.78, 5) is 24.6. The fourth-order valence-electron chi connectivity index (χ4n) is 2.77. The van der Waals surface area contributed by atoms with Crippen molar-refractivity contribution in [2.24, 2.45) is 5.10 Å². The Morgan fingerprint density at radius 3 is 2.53 bits per heavy atom. The average Bonchev–Trinajstić information content (AvgIpc) is 2.79. The van der Waals surface area contributed by atoms with Crippen LogP contribution in [0, 0.1) is 0 Å². The van der Waals surface area contributed by atoms with Crippen LogP contribution in [0.4, 0.5) is 5.69 Å². The molecule has 5 nitrogen and oxygen atoms in total. The van der Waals surface area contributed by atoms with Gasteiger partial charge in [-0.3, -0.25) is 9.59 Å². The van der Waals surface area contributed by atoms with E-state index in [0.29, 0.717) is 27.7 Å². The maximum absolute atomic E-state index is 12.4. The Hall–Kier alpha value is -2.61. The molecule has 164 valence electrons. The lowest BCUT2D eigenvalue weighted by molar-refractivity contribution is -0.118. The van der Waals surface area contributed by atoms with Crippen LogP contribution < -0.4 is 10.7 Å². The van der Waals surface area contributed by atoms with Crippen molar-refractivity contribution in [3.63, 3.8) is 0 Å². The molecule has 3 rings (SSSR count). The number of halogens is 2. The van der Waals surface area contributed by atoms with Gasteiger partial charge in [0.15, 0.2) is 0 Å². The summed E-state index contributed by atoms with van der Waals surface area (Å²) in [5, 5.41) is 7.54. The molecule has 0 bridgehead atoms. The summed E-state index contributed by atoms with van der Waals surface area (Å²) in [6.07, 6.45) is 0. The summed E-state index contributed by atoms with van der Waals surface area (Å²) < 4.78 is 1.03. The van der Waals surface area contributed by atoms with Gasteiger partial charge in [-0.05, 0) is 54.4 Å². The second-order valence-corrected chi connectivity index (χ2v) is 9.14. The van der Waals surface area contributed by atoms with Crippen molar-refractivity contribution in [2.75, 3.05) is 11.1 Å². The number of rotatable bonds is 8. The Kier molecular flexibility index (Phi) is 8.90. The van der Waals surface area contributed by atoms with E-state index in [9.17, 15) is 9.59 Å².